The van der Waals surface area contributed by atoms with Gasteiger partial charge in [-0.25, -0.2) is 0 Å². The van der Waals surface area contributed by atoms with Gasteiger partial charge in [-0.15, -0.1) is 0 Å². The summed E-state index contributed by atoms with van der Waals surface area (Å²) in [6, 6.07) is 18.4. The number of carbonyl (C=O) groups is 1. The minimum absolute atomic E-state index is 0.166. The van der Waals surface area contributed by atoms with Crippen LogP contribution in [0.25, 0.3) is 11.4 Å². The lowest BCUT2D eigenvalue weighted by Crippen LogP contribution is -3.13. The molecule has 0 unspecified atom stereocenters. The van der Waals surface area contributed by atoms with Crippen LogP contribution in [0.15, 0.2) is 59.1 Å². The Labute approximate surface area is 171 Å². The van der Waals surface area contributed by atoms with E-state index in [1.807, 2.05) is 35.2 Å². The molecule has 1 aliphatic rings. The maximum Gasteiger partial charge on any atom is 0.227 e. The smallest absolute Gasteiger partial charge is 0.227 e. The van der Waals surface area contributed by atoms with Crippen molar-refractivity contribution in [2.75, 3.05) is 26.2 Å². The van der Waals surface area contributed by atoms with Crippen LogP contribution in [0.4, 0.5) is 0 Å². The Bertz CT molecular complexity index is 946. The molecular weight excluding hydrogens is 364 g/mol. The van der Waals surface area contributed by atoms with Crippen LogP contribution in [-0.4, -0.2) is 47.1 Å². The summed E-state index contributed by atoms with van der Waals surface area (Å²) < 4.78 is 5.31. The fourth-order valence-corrected chi connectivity index (χ4v) is 3.79. The number of amides is 1. The summed E-state index contributed by atoms with van der Waals surface area (Å²) in [5, 5.41) is 4.02. The van der Waals surface area contributed by atoms with E-state index in [1.54, 1.807) is 0 Å². The summed E-state index contributed by atoms with van der Waals surface area (Å²) in [6.07, 6.45) is 0.888. The molecule has 2 heterocycles. The van der Waals surface area contributed by atoms with E-state index in [-0.39, 0.29) is 5.91 Å². The van der Waals surface area contributed by atoms with Gasteiger partial charge in [-0.3, -0.25) is 4.79 Å². The third-order valence-corrected chi connectivity index (χ3v) is 5.41. The SMILES string of the molecule is Cc1cccc(C[NH+]2CCN(C(=O)CCc3nc(-c4ccccc4)no3)CC2)c1. The van der Waals surface area contributed by atoms with E-state index in [4.69, 9.17) is 4.52 Å². The molecule has 6 heteroatoms. The van der Waals surface area contributed by atoms with Gasteiger partial charge in [0, 0.05) is 24.0 Å². The van der Waals surface area contributed by atoms with E-state index in [9.17, 15) is 4.79 Å². The number of carbonyl (C=O) groups excluding carboxylic acids is 1. The van der Waals surface area contributed by atoms with E-state index in [0.717, 1.165) is 38.3 Å². The number of hydrogen-bond acceptors (Lipinski definition) is 4. The lowest BCUT2D eigenvalue weighted by molar-refractivity contribution is -0.917. The number of nitrogens with one attached hydrogen (secondary N) is 1. The van der Waals surface area contributed by atoms with Crippen molar-refractivity contribution in [3.63, 3.8) is 0 Å². The highest BCUT2D eigenvalue weighted by Gasteiger charge is 2.24. The molecule has 0 spiro atoms. The van der Waals surface area contributed by atoms with E-state index < -0.39 is 0 Å². The number of aryl methyl sites for hydroxylation is 2. The molecule has 1 aliphatic heterocycles. The fraction of sp³-hybridized carbons (Fsp3) is 0.348. The first-order valence-corrected chi connectivity index (χ1v) is 10.2. The van der Waals surface area contributed by atoms with Crippen molar-refractivity contribution in [2.24, 2.45) is 0 Å². The molecule has 1 saturated heterocycles. The van der Waals surface area contributed by atoms with E-state index in [0.29, 0.717) is 24.6 Å². The molecule has 29 heavy (non-hydrogen) atoms. The molecule has 6 nitrogen and oxygen atoms in total. The van der Waals surface area contributed by atoms with Gasteiger partial charge in [-0.1, -0.05) is 65.3 Å². The third kappa shape index (κ3) is 5.09. The van der Waals surface area contributed by atoms with Gasteiger partial charge in [-0.05, 0) is 6.92 Å². The molecule has 0 atom stereocenters. The highest BCUT2D eigenvalue weighted by molar-refractivity contribution is 5.76. The van der Waals surface area contributed by atoms with Crippen molar-refractivity contribution >= 4 is 5.91 Å². The predicted octanol–water partition coefficient (Wildman–Crippen LogP) is 1.90. The summed E-state index contributed by atoms with van der Waals surface area (Å²) in [6.45, 7) is 6.73. The molecule has 3 aromatic rings. The molecule has 4 rings (SSSR count). The van der Waals surface area contributed by atoms with Crippen LogP contribution in [0.1, 0.15) is 23.4 Å². The second-order valence-electron chi connectivity index (χ2n) is 7.67. The number of aromatic nitrogens is 2. The first-order valence-electron chi connectivity index (χ1n) is 10.2. The van der Waals surface area contributed by atoms with E-state index in [2.05, 4.69) is 41.3 Å². The molecule has 0 aliphatic carbocycles. The van der Waals surface area contributed by atoms with Crippen LogP contribution >= 0.6 is 0 Å². The second-order valence-corrected chi connectivity index (χ2v) is 7.67. The average Bonchev–Trinajstić information content (AvgIpc) is 3.22. The van der Waals surface area contributed by atoms with Crippen LogP contribution in [0.3, 0.4) is 0 Å². The van der Waals surface area contributed by atoms with Gasteiger partial charge in [0.15, 0.2) is 0 Å². The van der Waals surface area contributed by atoms with Crippen LogP contribution < -0.4 is 4.90 Å². The minimum atomic E-state index is 0.166. The third-order valence-electron chi connectivity index (χ3n) is 5.41. The first-order chi connectivity index (χ1) is 14.2. The molecule has 0 bridgehead atoms. The second kappa shape index (κ2) is 9.01. The van der Waals surface area contributed by atoms with Gasteiger partial charge >= 0.3 is 0 Å². The Morgan fingerprint density at radius 3 is 2.66 bits per heavy atom. The summed E-state index contributed by atoms with van der Waals surface area (Å²) >= 11 is 0. The van der Waals surface area contributed by atoms with Crippen molar-refractivity contribution in [3.8, 4) is 11.4 Å². The number of hydrogen-bond donors (Lipinski definition) is 1. The van der Waals surface area contributed by atoms with Crippen LogP contribution in [0, 0.1) is 6.92 Å². The zero-order valence-electron chi connectivity index (χ0n) is 16.8. The maximum absolute atomic E-state index is 12.6. The van der Waals surface area contributed by atoms with Crippen molar-refractivity contribution in [3.05, 3.63) is 71.6 Å². The monoisotopic (exact) mass is 391 g/mol. The Morgan fingerprint density at radius 1 is 1.10 bits per heavy atom. The zero-order chi connectivity index (χ0) is 20.1. The Kier molecular flexibility index (Phi) is 6.00. The largest absolute Gasteiger partial charge is 0.339 e. The van der Waals surface area contributed by atoms with Crippen molar-refractivity contribution < 1.29 is 14.2 Å². The number of piperazine rings is 1. The van der Waals surface area contributed by atoms with Crippen LogP contribution in [0.2, 0.25) is 0 Å². The van der Waals surface area contributed by atoms with Gasteiger partial charge in [0.25, 0.3) is 0 Å². The molecule has 1 N–H and O–H groups in total. The zero-order valence-corrected chi connectivity index (χ0v) is 16.8. The van der Waals surface area contributed by atoms with Crippen molar-refractivity contribution in [1.82, 2.24) is 15.0 Å². The highest BCUT2D eigenvalue weighted by atomic mass is 16.5. The number of benzene rings is 2. The molecular formula is C23H27N4O2+. The quantitative estimate of drug-likeness (QED) is 0.697. The van der Waals surface area contributed by atoms with E-state index in [1.165, 1.54) is 16.0 Å². The van der Waals surface area contributed by atoms with Gasteiger partial charge < -0.3 is 14.3 Å². The van der Waals surface area contributed by atoms with Gasteiger partial charge in [-0.2, -0.15) is 4.98 Å². The highest BCUT2D eigenvalue weighted by Crippen LogP contribution is 2.15. The van der Waals surface area contributed by atoms with Gasteiger partial charge in [0.05, 0.1) is 26.2 Å². The van der Waals surface area contributed by atoms with Crippen LogP contribution in [-0.2, 0) is 17.8 Å². The lowest BCUT2D eigenvalue weighted by atomic mass is 10.1. The fourth-order valence-electron chi connectivity index (χ4n) is 3.79. The van der Waals surface area contributed by atoms with E-state index >= 15 is 0 Å². The molecule has 0 radical (unpaired) electrons. The topological polar surface area (TPSA) is 63.7 Å². The molecule has 1 fully saturated rings. The number of quaternary nitrogens is 1. The van der Waals surface area contributed by atoms with Crippen LogP contribution in [0.5, 0.6) is 0 Å². The van der Waals surface area contributed by atoms with Gasteiger partial charge in [0.1, 0.15) is 6.54 Å². The molecule has 150 valence electrons. The maximum atomic E-state index is 12.6. The minimum Gasteiger partial charge on any atom is -0.339 e. The van der Waals surface area contributed by atoms with Gasteiger partial charge in [0.2, 0.25) is 17.6 Å². The number of rotatable bonds is 6. The Morgan fingerprint density at radius 2 is 1.90 bits per heavy atom. The van der Waals surface area contributed by atoms with Crippen molar-refractivity contribution in [2.45, 2.75) is 26.3 Å². The average molecular weight is 391 g/mol. The molecule has 1 amide bonds. The summed E-state index contributed by atoms with van der Waals surface area (Å²) in [4.78, 5) is 20.5. The molecule has 1 aromatic heterocycles. The summed E-state index contributed by atoms with van der Waals surface area (Å²) in [5.74, 6) is 1.25. The first kappa shape index (κ1) is 19.3. The lowest BCUT2D eigenvalue weighted by Gasteiger charge is -2.32. The molecule has 0 saturated carbocycles. The Balaban J connectivity index is 1.24. The predicted molar refractivity (Wildman–Crippen MR) is 110 cm³/mol. The standard InChI is InChI=1S/C23H26N4O2/c1-18-6-5-7-19(16-18)17-26-12-14-27(15-13-26)22(28)11-10-21-24-23(25-29-21)20-8-3-2-4-9-20/h2-9,16H,10-15,17H2,1H3/p+1. The normalized spacial score (nSPS) is 14.9. The summed E-state index contributed by atoms with van der Waals surface area (Å²) in [5.41, 5.74) is 3.58. The Hall–Kier alpha value is -2.99. The molecule has 2 aromatic carbocycles. The van der Waals surface area contributed by atoms with Crippen molar-refractivity contribution in [1.29, 1.82) is 0 Å². The number of nitrogens with zero attached hydrogens (tertiary/aromatic N) is 3. The summed E-state index contributed by atoms with van der Waals surface area (Å²) in [7, 11) is 0.